The third-order valence-electron chi connectivity index (χ3n) is 7.46. The molecule has 0 aliphatic rings. The van der Waals surface area contributed by atoms with Gasteiger partial charge in [0.2, 0.25) is 0 Å². The largest absolute Gasteiger partial charge is 0.321 e. The Balaban J connectivity index is 2.13. The van der Waals surface area contributed by atoms with Crippen LogP contribution in [0, 0.1) is 0 Å². The summed E-state index contributed by atoms with van der Waals surface area (Å²) in [6.07, 6.45) is 32.5. The normalized spacial score (nSPS) is 11.8. The maximum atomic E-state index is 6.30. The topological polar surface area (TPSA) is 18.5 Å². The van der Waals surface area contributed by atoms with Gasteiger partial charge >= 0.3 is 0 Å². The van der Waals surface area contributed by atoms with E-state index in [1.54, 1.807) is 11.4 Å². The quantitative estimate of drug-likeness (QED) is 0.0647. The van der Waals surface area contributed by atoms with Gasteiger partial charge in [-0.05, 0) is 48.2 Å². The molecule has 0 spiro atoms. The van der Waals surface area contributed by atoms with Crippen LogP contribution >= 0.6 is 17.1 Å². The summed E-state index contributed by atoms with van der Waals surface area (Å²) in [5.74, 6) is 0. The first kappa shape index (κ1) is 37.2. The standard InChI is InChI=1S/C34H63O2PS2/c1-3-5-7-9-11-13-15-17-19-21-23-28-32-35-37(38,39-34-30-26-25-27-31-34)36-33-29-24-22-20-18-16-14-12-10-8-6-4-2/h25-27,30-31H,3-24,28-29,32-33H2,1-2H3. The SMILES string of the molecule is CCCCCCCCCCCCCCOP(=S)(OCCCCCCCCCCCCCC)Sc1ccccc1. The molecule has 0 aliphatic carbocycles. The van der Waals surface area contributed by atoms with Crippen molar-refractivity contribution in [3.05, 3.63) is 30.3 Å². The molecular weight excluding hydrogens is 535 g/mol. The summed E-state index contributed by atoms with van der Waals surface area (Å²) in [6, 6.07) is 10.4. The van der Waals surface area contributed by atoms with Gasteiger partial charge < -0.3 is 9.05 Å². The van der Waals surface area contributed by atoms with Crippen LogP contribution < -0.4 is 0 Å². The lowest BCUT2D eigenvalue weighted by Crippen LogP contribution is -1.98. The first-order valence-electron chi connectivity index (χ1n) is 16.8. The molecule has 0 radical (unpaired) electrons. The minimum absolute atomic E-state index is 0.729. The molecule has 0 atom stereocenters. The minimum Gasteiger partial charge on any atom is -0.321 e. The summed E-state index contributed by atoms with van der Waals surface area (Å²) in [6.45, 7) is 6.04. The molecule has 5 heteroatoms. The van der Waals surface area contributed by atoms with E-state index in [0.29, 0.717) is 0 Å². The summed E-state index contributed by atoms with van der Waals surface area (Å²) < 4.78 is 12.6. The summed E-state index contributed by atoms with van der Waals surface area (Å²) >= 11 is 7.63. The number of hydrogen-bond donors (Lipinski definition) is 0. The molecule has 0 saturated carbocycles. The molecule has 0 heterocycles. The lowest BCUT2D eigenvalue weighted by Gasteiger charge is -2.21. The number of hydrogen-bond acceptors (Lipinski definition) is 4. The first-order valence-corrected chi connectivity index (χ1v) is 20.9. The highest BCUT2D eigenvalue weighted by molar-refractivity contribution is 8.67. The smallest absolute Gasteiger partial charge is 0.252 e. The van der Waals surface area contributed by atoms with E-state index in [1.165, 1.54) is 141 Å². The van der Waals surface area contributed by atoms with Gasteiger partial charge in [0, 0.05) is 4.90 Å². The fourth-order valence-electron chi connectivity index (χ4n) is 4.94. The van der Waals surface area contributed by atoms with E-state index >= 15 is 0 Å². The lowest BCUT2D eigenvalue weighted by atomic mass is 10.1. The lowest BCUT2D eigenvalue weighted by molar-refractivity contribution is 0.249. The Bertz CT molecular complexity index is 636. The Labute approximate surface area is 253 Å². The second-order valence-electron chi connectivity index (χ2n) is 11.3. The molecule has 0 bridgehead atoms. The van der Waals surface area contributed by atoms with Crippen molar-refractivity contribution in [1.29, 1.82) is 0 Å². The highest BCUT2D eigenvalue weighted by Crippen LogP contribution is 2.64. The van der Waals surface area contributed by atoms with Crippen LogP contribution in [0.4, 0.5) is 0 Å². The third-order valence-corrected chi connectivity index (χ3v) is 12.4. The zero-order chi connectivity index (χ0) is 28.1. The van der Waals surface area contributed by atoms with Crippen LogP contribution in [-0.2, 0) is 20.9 Å². The highest BCUT2D eigenvalue weighted by atomic mass is 32.9. The first-order chi connectivity index (χ1) is 19.2. The van der Waals surface area contributed by atoms with Gasteiger partial charge in [-0.2, -0.15) is 0 Å². The van der Waals surface area contributed by atoms with Gasteiger partial charge in [-0.1, -0.05) is 173 Å². The van der Waals surface area contributed by atoms with Crippen molar-refractivity contribution in [2.24, 2.45) is 0 Å². The minimum atomic E-state index is -2.36. The predicted octanol–water partition coefficient (Wildman–Crippen LogP) is 13.4. The van der Waals surface area contributed by atoms with Crippen LogP contribution in [0.2, 0.25) is 0 Å². The average molecular weight is 599 g/mol. The molecule has 0 N–H and O–H groups in total. The van der Waals surface area contributed by atoms with Gasteiger partial charge in [0.25, 0.3) is 5.69 Å². The third kappa shape index (κ3) is 24.4. The monoisotopic (exact) mass is 598 g/mol. The maximum Gasteiger partial charge on any atom is 0.252 e. The zero-order valence-electron chi connectivity index (χ0n) is 25.9. The fraction of sp³-hybridized carbons (Fsp3) is 0.824. The molecule has 228 valence electrons. The average Bonchev–Trinajstić information content (AvgIpc) is 2.94. The molecule has 1 rings (SSSR count). The predicted molar refractivity (Wildman–Crippen MR) is 181 cm³/mol. The highest BCUT2D eigenvalue weighted by Gasteiger charge is 2.21. The van der Waals surface area contributed by atoms with Crippen LogP contribution in [0.15, 0.2) is 35.2 Å². The Morgan fingerprint density at radius 2 is 0.795 bits per heavy atom. The van der Waals surface area contributed by atoms with Gasteiger partial charge in [-0.3, -0.25) is 0 Å². The van der Waals surface area contributed by atoms with E-state index in [4.69, 9.17) is 20.9 Å². The Morgan fingerprint density at radius 3 is 1.13 bits per heavy atom. The summed E-state index contributed by atoms with van der Waals surface area (Å²) in [5, 5.41) is 0. The van der Waals surface area contributed by atoms with Crippen LogP contribution in [0.1, 0.15) is 168 Å². The van der Waals surface area contributed by atoms with Gasteiger partial charge in [-0.15, -0.1) is 0 Å². The fourth-order valence-corrected chi connectivity index (χ4v) is 9.49. The van der Waals surface area contributed by atoms with E-state index in [2.05, 4.69) is 38.1 Å². The van der Waals surface area contributed by atoms with E-state index in [-0.39, 0.29) is 0 Å². The summed E-state index contributed by atoms with van der Waals surface area (Å²) in [4.78, 5) is 1.16. The van der Waals surface area contributed by atoms with Gasteiger partial charge in [0.05, 0.1) is 13.2 Å². The van der Waals surface area contributed by atoms with Crippen molar-refractivity contribution in [3.8, 4) is 0 Å². The van der Waals surface area contributed by atoms with Crippen molar-refractivity contribution in [2.75, 3.05) is 13.2 Å². The molecule has 0 aliphatic heterocycles. The Morgan fingerprint density at radius 1 is 0.487 bits per heavy atom. The molecule has 1 aromatic rings. The molecule has 39 heavy (non-hydrogen) atoms. The van der Waals surface area contributed by atoms with Crippen molar-refractivity contribution in [1.82, 2.24) is 0 Å². The van der Waals surface area contributed by atoms with E-state index in [0.717, 1.165) is 31.0 Å². The van der Waals surface area contributed by atoms with E-state index < -0.39 is 5.69 Å². The maximum absolute atomic E-state index is 6.30. The molecule has 2 nitrogen and oxygen atoms in total. The molecule has 1 aromatic carbocycles. The Hall–Kier alpha value is 0.140. The summed E-state index contributed by atoms with van der Waals surface area (Å²) in [7, 11) is 0. The van der Waals surface area contributed by atoms with Crippen LogP contribution in [0.5, 0.6) is 0 Å². The van der Waals surface area contributed by atoms with E-state index in [9.17, 15) is 0 Å². The van der Waals surface area contributed by atoms with Gasteiger partial charge in [0.1, 0.15) is 0 Å². The van der Waals surface area contributed by atoms with Crippen molar-refractivity contribution >= 4 is 28.9 Å². The van der Waals surface area contributed by atoms with Crippen molar-refractivity contribution in [3.63, 3.8) is 0 Å². The number of rotatable bonds is 30. The van der Waals surface area contributed by atoms with Crippen molar-refractivity contribution in [2.45, 2.75) is 173 Å². The molecule has 0 saturated heterocycles. The van der Waals surface area contributed by atoms with E-state index in [1.807, 2.05) is 6.07 Å². The Kier molecular flexibility index (Phi) is 26.9. The number of unbranched alkanes of at least 4 members (excludes halogenated alkanes) is 22. The molecule has 0 unspecified atom stereocenters. The zero-order valence-corrected chi connectivity index (χ0v) is 28.4. The van der Waals surface area contributed by atoms with Gasteiger partial charge in [-0.25, -0.2) is 0 Å². The van der Waals surface area contributed by atoms with Crippen molar-refractivity contribution < 1.29 is 9.05 Å². The second kappa shape index (κ2) is 28.3. The molecule has 0 aromatic heterocycles. The summed E-state index contributed by atoms with van der Waals surface area (Å²) in [5.41, 5.74) is -2.36. The second-order valence-corrected chi connectivity index (χ2v) is 17.5. The number of benzene rings is 1. The molecule has 0 amide bonds. The molecule has 0 fully saturated rings. The molecular formula is C34H63O2PS2. The van der Waals surface area contributed by atoms with Crippen LogP contribution in [0.25, 0.3) is 0 Å². The van der Waals surface area contributed by atoms with Crippen LogP contribution in [0.3, 0.4) is 0 Å². The van der Waals surface area contributed by atoms with Gasteiger partial charge in [0.15, 0.2) is 0 Å². The van der Waals surface area contributed by atoms with Crippen LogP contribution in [-0.4, -0.2) is 13.2 Å².